The predicted molar refractivity (Wildman–Crippen MR) is 98.1 cm³/mol. The molecular weight excluding hydrogens is 353 g/mol. The van der Waals surface area contributed by atoms with Gasteiger partial charge in [0.25, 0.3) is 5.91 Å². The number of benzene rings is 2. The third kappa shape index (κ3) is 4.22. The van der Waals surface area contributed by atoms with Gasteiger partial charge in [-0.15, -0.1) is 23.5 Å². The maximum atomic E-state index is 13.1. The number of nitrogens with one attached hydrogen (secondary N) is 1. The van der Waals surface area contributed by atoms with Gasteiger partial charge in [0.2, 0.25) is 0 Å². The molecule has 0 bridgehead atoms. The Labute approximate surface area is 148 Å². The van der Waals surface area contributed by atoms with Crippen LogP contribution in [0.3, 0.4) is 0 Å². The van der Waals surface area contributed by atoms with Gasteiger partial charge >= 0.3 is 0 Å². The van der Waals surface area contributed by atoms with Gasteiger partial charge in [0.05, 0.1) is 15.2 Å². The molecular formula is C17H15ClFNOS2. The molecule has 0 radical (unpaired) electrons. The molecule has 1 aliphatic heterocycles. The third-order valence-corrected chi connectivity index (χ3v) is 6.75. The first-order valence-electron chi connectivity index (χ1n) is 7.23. The van der Waals surface area contributed by atoms with E-state index >= 15 is 0 Å². The minimum absolute atomic E-state index is 0.108. The standard InChI is InChI=1S/C17H15ClFNOS2/c18-15-10-12(19)5-6-14(15)16(21)20-13-4-1-3-11(9-13)17-22-7-2-8-23-17/h1,3-6,9-10,17H,2,7-8H2,(H,20,21). The quantitative estimate of drug-likeness (QED) is 0.765. The summed E-state index contributed by atoms with van der Waals surface area (Å²) in [5.41, 5.74) is 2.18. The van der Waals surface area contributed by atoms with E-state index in [2.05, 4.69) is 11.4 Å². The average molecular weight is 368 g/mol. The molecule has 120 valence electrons. The van der Waals surface area contributed by atoms with Crippen LogP contribution in [0.2, 0.25) is 5.02 Å². The molecule has 0 atom stereocenters. The number of carbonyl (C=O) groups is 1. The number of rotatable bonds is 3. The van der Waals surface area contributed by atoms with E-state index in [9.17, 15) is 9.18 Å². The van der Waals surface area contributed by atoms with Gasteiger partial charge in [-0.2, -0.15) is 0 Å². The first-order valence-corrected chi connectivity index (χ1v) is 9.70. The number of hydrogen-bond donors (Lipinski definition) is 1. The lowest BCUT2D eigenvalue weighted by Gasteiger charge is -2.21. The van der Waals surface area contributed by atoms with Crippen LogP contribution in [0.15, 0.2) is 42.5 Å². The van der Waals surface area contributed by atoms with Crippen molar-refractivity contribution in [3.8, 4) is 0 Å². The molecule has 0 spiro atoms. The Balaban J connectivity index is 1.75. The van der Waals surface area contributed by atoms with Crippen LogP contribution in [-0.4, -0.2) is 17.4 Å². The molecule has 6 heteroatoms. The molecule has 2 aromatic carbocycles. The maximum Gasteiger partial charge on any atom is 0.257 e. The van der Waals surface area contributed by atoms with Gasteiger partial charge in [-0.25, -0.2) is 4.39 Å². The fourth-order valence-corrected chi connectivity index (χ4v) is 5.44. The van der Waals surface area contributed by atoms with Crippen molar-refractivity contribution in [3.63, 3.8) is 0 Å². The zero-order valence-corrected chi connectivity index (χ0v) is 14.6. The largest absolute Gasteiger partial charge is 0.322 e. The topological polar surface area (TPSA) is 29.1 Å². The Morgan fingerprint density at radius 1 is 1.17 bits per heavy atom. The fourth-order valence-electron chi connectivity index (χ4n) is 2.32. The van der Waals surface area contributed by atoms with E-state index in [1.54, 1.807) is 0 Å². The van der Waals surface area contributed by atoms with Gasteiger partial charge in [-0.3, -0.25) is 4.79 Å². The molecule has 1 fully saturated rings. The molecule has 1 heterocycles. The number of carbonyl (C=O) groups excluding carboxylic acids is 1. The Morgan fingerprint density at radius 2 is 1.96 bits per heavy atom. The summed E-state index contributed by atoms with van der Waals surface area (Å²) >= 11 is 9.80. The Bertz CT molecular complexity index is 719. The van der Waals surface area contributed by atoms with Gasteiger partial charge in [0, 0.05) is 5.69 Å². The van der Waals surface area contributed by atoms with Gasteiger partial charge < -0.3 is 5.32 Å². The first kappa shape index (κ1) is 16.7. The van der Waals surface area contributed by atoms with Crippen molar-refractivity contribution in [2.75, 3.05) is 16.8 Å². The van der Waals surface area contributed by atoms with Crippen LogP contribution in [0.25, 0.3) is 0 Å². The maximum absolute atomic E-state index is 13.1. The normalized spacial score (nSPS) is 15.4. The van der Waals surface area contributed by atoms with E-state index in [0.717, 1.165) is 11.8 Å². The Hall–Kier alpha value is -1.17. The monoisotopic (exact) mass is 367 g/mol. The fraction of sp³-hybridized carbons (Fsp3) is 0.235. The molecule has 3 rings (SSSR count). The van der Waals surface area contributed by atoms with Gasteiger partial charge in [-0.05, 0) is 53.8 Å². The zero-order chi connectivity index (χ0) is 16.2. The summed E-state index contributed by atoms with van der Waals surface area (Å²) in [6.45, 7) is 0. The SMILES string of the molecule is O=C(Nc1cccc(C2SCCCS2)c1)c1ccc(F)cc1Cl. The molecule has 0 unspecified atom stereocenters. The van der Waals surface area contributed by atoms with Crippen molar-refractivity contribution in [1.29, 1.82) is 0 Å². The second kappa shape index (κ2) is 7.60. The van der Waals surface area contributed by atoms with Crippen molar-refractivity contribution in [2.45, 2.75) is 11.0 Å². The summed E-state index contributed by atoms with van der Waals surface area (Å²) in [7, 11) is 0. The van der Waals surface area contributed by atoms with Crippen molar-refractivity contribution in [1.82, 2.24) is 0 Å². The molecule has 2 aromatic rings. The third-order valence-electron chi connectivity index (χ3n) is 3.42. The molecule has 1 N–H and O–H groups in total. The highest BCUT2D eigenvalue weighted by Gasteiger charge is 2.17. The van der Waals surface area contributed by atoms with Crippen LogP contribution >= 0.6 is 35.1 Å². The second-order valence-corrected chi connectivity index (χ2v) is 8.26. The van der Waals surface area contributed by atoms with E-state index in [-0.39, 0.29) is 16.5 Å². The smallest absolute Gasteiger partial charge is 0.257 e. The minimum Gasteiger partial charge on any atom is -0.322 e. The van der Waals surface area contributed by atoms with Crippen LogP contribution in [0, 0.1) is 5.82 Å². The summed E-state index contributed by atoms with van der Waals surface area (Å²) in [5, 5.41) is 2.94. The number of halogens is 2. The predicted octanol–water partition coefficient (Wildman–Crippen LogP) is 5.60. The lowest BCUT2D eigenvalue weighted by molar-refractivity contribution is 0.102. The number of hydrogen-bond acceptors (Lipinski definition) is 3. The molecule has 1 aliphatic rings. The van der Waals surface area contributed by atoms with E-state index < -0.39 is 5.82 Å². The Kier molecular flexibility index (Phi) is 5.51. The van der Waals surface area contributed by atoms with Crippen molar-refractivity contribution in [2.24, 2.45) is 0 Å². The van der Waals surface area contributed by atoms with E-state index in [4.69, 9.17) is 11.6 Å². The summed E-state index contributed by atoms with van der Waals surface area (Å²) in [6, 6.07) is 11.6. The lowest BCUT2D eigenvalue weighted by atomic mass is 10.2. The summed E-state index contributed by atoms with van der Waals surface area (Å²) < 4.78 is 13.5. The molecule has 23 heavy (non-hydrogen) atoms. The summed E-state index contributed by atoms with van der Waals surface area (Å²) in [5.74, 6) is 1.54. The van der Waals surface area contributed by atoms with Crippen LogP contribution < -0.4 is 5.32 Å². The van der Waals surface area contributed by atoms with Crippen molar-refractivity contribution < 1.29 is 9.18 Å². The van der Waals surface area contributed by atoms with E-state index in [1.807, 2.05) is 41.7 Å². The number of thioether (sulfide) groups is 2. The molecule has 2 nitrogen and oxygen atoms in total. The van der Waals surface area contributed by atoms with Gasteiger partial charge in [0.15, 0.2) is 0 Å². The van der Waals surface area contributed by atoms with Crippen LogP contribution in [0.4, 0.5) is 10.1 Å². The molecule has 0 aromatic heterocycles. The first-order chi connectivity index (χ1) is 11.1. The van der Waals surface area contributed by atoms with Crippen LogP contribution in [-0.2, 0) is 0 Å². The number of anilines is 1. The van der Waals surface area contributed by atoms with Gasteiger partial charge in [0.1, 0.15) is 5.82 Å². The van der Waals surface area contributed by atoms with Crippen LogP contribution in [0.5, 0.6) is 0 Å². The highest BCUT2D eigenvalue weighted by Crippen LogP contribution is 2.44. The van der Waals surface area contributed by atoms with Crippen molar-refractivity contribution in [3.05, 3.63) is 64.4 Å². The Morgan fingerprint density at radius 3 is 2.70 bits per heavy atom. The molecule has 0 aliphatic carbocycles. The lowest BCUT2D eigenvalue weighted by Crippen LogP contribution is -2.13. The van der Waals surface area contributed by atoms with E-state index in [1.165, 1.54) is 35.6 Å². The zero-order valence-electron chi connectivity index (χ0n) is 12.2. The van der Waals surface area contributed by atoms with Crippen LogP contribution in [0.1, 0.15) is 26.9 Å². The molecule has 0 saturated carbocycles. The molecule has 1 amide bonds. The number of amides is 1. The van der Waals surface area contributed by atoms with E-state index in [0.29, 0.717) is 4.58 Å². The summed E-state index contributed by atoms with van der Waals surface area (Å²) in [4.78, 5) is 12.3. The average Bonchev–Trinajstić information content (AvgIpc) is 2.56. The summed E-state index contributed by atoms with van der Waals surface area (Å²) in [6.07, 6.45) is 1.24. The van der Waals surface area contributed by atoms with Gasteiger partial charge in [-0.1, -0.05) is 23.7 Å². The second-order valence-electron chi connectivity index (χ2n) is 5.13. The highest BCUT2D eigenvalue weighted by atomic mass is 35.5. The highest BCUT2D eigenvalue weighted by molar-refractivity contribution is 8.16. The van der Waals surface area contributed by atoms with Crippen molar-refractivity contribution >= 4 is 46.7 Å². The molecule has 1 saturated heterocycles. The minimum atomic E-state index is -0.458.